The highest BCUT2D eigenvalue weighted by Gasteiger charge is 2.12. The molecule has 1 unspecified atom stereocenters. The van der Waals surface area contributed by atoms with Crippen molar-refractivity contribution in [1.82, 2.24) is 0 Å². The van der Waals surface area contributed by atoms with Gasteiger partial charge in [-0.3, -0.25) is 0 Å². The fourth-order valence-electron chi connectivity index (χ4n) is 3.62. The number of hydrogen-bond donors (Lipinski definition) is 2. The van der Waals surface area contributed by atoms with E-state index in [1.807, 2.05) is 18.3 Å². The molecule has 0 radical (unpaired) electrons. The van der Waals surface area contributed by atoms with Gasteiger partial charge in [0.05, 0.1) is 0 Å². The van der Waals surface area contributed by atoms with Crippen LogP contribution in [0.25, 0.3) is 0 Å². The third kappa shape index (κ3) is 7.36. The van der Waals surface area contributed by atoms with Gasteiger partial charge in [-0.1, -0.05) is 58.3 Å². The maximum absolute atomic E-state index is 9.35. The molecule has 1 aliphatic carbocycles. The quantitative estimate of drug-likeness (QED) is 0.451. The standard InChI is InChI=1S/C20H35NOS/c1-16(20(21)22)12-13-19-15-14-18(23-19)11-7-3-6-10-17-8-4-2-5-9-17/h14-17,20,22H,2-13,21H2,1H3/t16-,20?/m1/s1. The number of nitrogens with two attached hydrogens (primary N) is 1. The van der Waals surface area contributed by atoms with Crippen LogP contribution in [0.4, 0.5) is 0 Å². The van der Waals surface area contributed by atoms with E-state index in [1.54, 1.807) is 0 Å². The summed E-state index contributed by atoms with van der Waals surface area (Å²) in [6.07, 6.45) is 15.6. The Morgan fingerprint density at radius 2 is 1.78 bits per heavy atom. The summed E-state index contributed by atoms with van der Waals surface area (Å²) >= 11 is 1.95. The molecular weight excluding hydrogens is 302 g/mol. The Morgan fingerprint density at radius 1 is 1.09 bits per heavy atom. The van der Waals surface area contributed by atoms with E-state index in [-0.39, 0.29) is 5.92 Å². The van der Waals surface area contributed by atoms with Gasteiger partial charge in [-0.2, -0.15) is 0 Å². The molecule has 2 nitrogen and oxygen atoms in total. The molecule has 1 heterocycles. The Kier molecular flexibility index (Phi) is 8.63. The van der Waals surface area contributed by atoms with Crippen molar-refractivity contribution in [3.05, 3.63) is 21.9 Å². The Hall–Kier alpha value is -0.380. The number of aryl methyl sites for hydroxylation is 2. The lowest BCUT2D eigenvalue weighted by Gasteiger charge is -2.21. The number of unbranched alkanes of at least 4 members (excludes halogenated alkanes) is 2. The lowest BCUT2D eigenvalue weighted by atomic mass is 9.85. The van der Waals surface area contributed by atoms with Gasteiger partial charge in [-0.05, 0) is 49.7 Å². The van der Waals surface area contributed by atoms with Gasteiger partial charge in [0.15, 0.2) is 0 Å². The molecule has 0 aliphatic heterocycles. The largest absolute Gasteiger partial charge is 0.379 e. The number of aliphatic hydroxyl groups excluding tert-OH is 1. The van der Waals surface area contributed by atoms with E-state index in [0.29, 0.717) is 0 Å². The molecule has 3 N–H and O–H groups in total. The van der Waals surface area contributed by atoms with E-state index < -0.39 is 6.23 Å². The van der Waals surface area contributed by atoms with Crippen LogP contribution < -0.4 is 5.73 Å². The highest BCUT2D eigenvalue weighted by Crippen LogP contribution is 2.28. The summed E-state index contributed by atoms with van der Waals surface area (Å²) in [6.45, 7) is 2.02. The molecule has 1 fully saturated rings. The highest BCUT2D eigenvalue weighted by molar-refractivity contribution is 7.11. The van der Waals surface area contributed by atoms with Crippen LogP contribution in [0.5, 0.6) is 0 Å². The second-order valence-electron chi connectivity index (χ2n) is 7.48. The molecular formula is C20H35NOS. The maximum atomic E-state index is 9.35. The Bertz CT molecular complexity index is 423. The van der Waals surface area contributed by atoms with Crippen LogP contribution in [-0.4, -0.2) is 11.3 Å². The first-order chi connectivity index (χ1) is 11.1. The summed E-state index contributed by atoms with van der Waals surface area (Å²) in [5.74, 6) is 1.22. The Labute approximate surface area is 146 Å². The molecule has 0 bridgehead atoms. The predicted molar refractivity (Wildman–Crippen MR) is 101 cm³/mol. The van der Waals surface area contributed by atoms with E-state index in [1.165, 1.54) is 74.0 Å². The first kappa shape index (κ1) is 19.0. The molecule has 1 aromatic heterocycles. The zero-order valence-corrected chi connectivity index (χ0v) is 15.6. The van der Waals surface area contributed by atoms with Crippen molar-refractivity contribution in [3.63, 3.8) is 0 Å². The van der Waals surface area contributed by atoms with Crippen molar-refractivity contribution >= 4 is 11.3 Å². The van der Waals surface area contributed by atoms with Crippen molar-refractivity contribution in [2.24, 2.45) is 17.6 Å². The van der Waals surface area contributed by atoms with Crippen molar-refractivity contribution in [2.75, 3.05) is 0 Å². The summed E-state index contributed by atoms with van der Waals surface area (Å²) in [4.78, 5) is 2.97. The van der Waals surface area contributed by atoms with Crippen molar-refractivity contribution in [3.8, 4) is 0 Å². The first-order valence-corrected chi connectivity index (χ1v) is 10.5. The van der Waals surface area contributed by atoms with Gasteiger partial charge in [0.25, 0.3) is 0 Å². The van der Waals surface area contributed by atoms with Crippen LogP contribution in [0.15, 0.2) is 12.1 Å². The molecule has 1 aliphatic rings. The predicted octanol–water partition coefficient (Wildman–Crippen LogP) is 5.28. The number of hydrogen-bond acceptors (Lipinski definition) is 3. The lowest BCUT2D eigenvalue weighted by Crippen LogP contribution is -2.27. The SMILES string of the molecule is C[C@H](CCc1ccc(CCCCCC2CCCCC2)s1)C(N)O. The second kappa shape index (κ2) is 10.5. The summed E-state index contributed by atoms with van der Waals surface area (Å²) in [5, 5.41) is 9.35. The molecule has 0 amide bonds. The van der Waals surface area contributed by atoms with E-state index >= 15 is 0 Å². The summed E-state index contributed by atoms with van der Waals surface area (Å²) in [6, 6.07) is 4.56. The fraction of sp³-hybridized carbons (Fsp3) is 0.800. The highest BCUT2D eigenvalue weighted by atomic mass is 32.1. The van der Waals surface area contributed by atoms with Crippen LogP contribution in [0.1, 0.15) is 80.9 Å². The number of rotatable bonds is 10. The molecule has 3 heteroatoms. The van der Waals surface area contributed by atoms with Crippen LogP contribution in [0.3, 0.4) is 0 Å². The van der Waals surface area contributed by atoms with Gasteiger partial charge in [0, 0.05) is 9.75 Å². The van der Waals surface area contributed by atoms with E-state index in [4.69, 9.17) is 5.73 Å². The summed E-state index contributed by atoms with van der Waals surface area (Å²) in [5.41, 5.74) is 5.51. The van der Waals surface area contributed by atoms with Crippen LogP contribution in [0, 0.1) is 11.8 Å². The molecule has 23 heavy (non-hydrogen) atoms. The van der Waals surface area contributed by atoms with Gasteiger partial charge >= 0.3 is 0 Å². The fourth-order valence-corrected chi connectivity index (χ4v) is 4.69. The van der Waals surface area contributed by atoms with Gasteiger partial charge in [-0.25, -0.2) is 0 Å². The van der Waals surface area contributed by atoms with Gasteiger partial charge in [-0.15, -0.1) is 11.3 Å². The average Bonchev–Trinajstić information content (AvgIpc) is 3.01. The van der Waals surface area contributed by atoms with Crippen molar-refractivity contribution in [2.45, 2.75) is 90.2 Å². The molecule has 0 spiro atoms. The van der Waals surface area contributed by atoms with E-state index in [0.717, 1.165) is 18.8 Å². The van der Waals surface area contributed by atoms with Gasteiger partial charge in [0.2, 0.25) is 0 Å². The topological polar surface area (TPSA) is 46.2 Å². The lowest BCUT2D eigenvalue weighted by molar-refractivity contribution is 0.119. The minimum absolute atomic E-state index is 0.181. The van der Waals surface area contributed by atoms with Gasteiger partial charge < -0.3 is 10.8 Å². The zero-order chi connectivity index (χ0) is 16.5. The molecule has 1 aromatic rings. The van der Waals surface area contributed by atoms with Crippen LogP contribution in [0.2, 0.25) is 0 Å². The molecule has 1 saturated carbocycles. The summed E-state index contributed by atoms with van der Waals surface area (Å²) < 4.78 is 0. The van der Waals surface area contributed by atoms with E-state index in [9.17, 15) is 5.11 Å². The van der Waals surface area contributed by atoms with E-state index in [2.05, 4.69) is 12.1 Å². The van der Waals surface area contributed by atoms with Crippen molar-refractivity contribution in [1.29, 1.82) is 0 Å². The molecule has 2 rings (SSSR count). The monoisotopic (exact) mass is 337 g/mol. The van der Waals surface area contributed by atoms with Gasteiger partial charge in [0.1, 0.15) is 6.23 Å². The number of aliphatic hydroxyl groups is 1. The average molecular weight is 338 g/mol. The van der Waals surface area contributed by atoms with Crippen LogP contribution in [-0.2, 0) is 12.8 Å². The van der Waals surface area contributed by atoms with Crippen LogP contribution >= 0.6 is 11.3 Å². The third-order valence-corrected chi connectivity index (χ3v) is 6.61. The molecule has 2 atom stereocenters. The minimum Gasteiger partial charge on any atom is -0.379 e. The second-order valence-corrected chi connectivity index (χ2v) is 8.73. The summed E-state index contributed by atoms with van der Waals surface area (Å²) in [7, 11) is 0. The maximum Gasteiger partial charge on any atom is 0.105 e. The molecule has 132 valence electrons. The molecule has 0 aromatic carbocycles. The third-order valence-electron chi connectivity index (χ3n) is 5.41. The normalized spacial score (nSPS) is 18.9. The smallest absolute Gasteiger partial charge is 0.105 e. The zero-order valence-electron chi connectivity index (χ0n) is 14.8. The first-order valence-electron chi connectivity index (χ1n) is 9.66. The Balaban J connectivity index is 1.55. The Morgan fingerprint density at radius 3 is 2.48 bits per heavy atom. The molecule has 0 saturated heterocycles. The number of thiophene rings is 1. The van der Waals surface area contributed by atoms with Crippen molar-refractivity contribution < 1.29 is 5.11 Å². The minimum atomic E-state index is -0.682.